The molecule has 0 spiro atoms. The Hall–Kier alpha value is -1.04. The van der Waals surface area contributed by atoms with Crippen LogP contribution in [0.5, 0.6) is 0 Å². The summed E-state index contributed by atoms with van der Waals surface area (Å²) in [6, 6.07) is 8.33. The van der Waals surface area contributed by atoms with Gasteiger partial charge in [-0.1, -0.05) is 12.1 Å². The second-order valence-electron chi connectivity index (χ2n) is 4.86. The molecular formula is C13H21BN2O2. The van der Waals surface area contributed by atoms with Crippen LogP contribution in [0.15, 0.2) is 24.3 Å². The molecule has 1 fully saturated rings. The monoisotopic (exact) mass is 248 g/mol. The molecule has 1 aromatic carbocycles. The fraction of sp³-hybridized carbons (Fsp3) is 0.538. The highest BCUT2D eigenvalue weighted by Crippen LogP contribution is 2.08. The summed E-state index contributed by atoms with van der Waals surface area (Å²) in [5.74, 6) is 0. The third-order valence-corrected chi connectivity index (χ3v) is 3.17. The Morgan fingerprint density at radius 3 is 2.11 bits per heavy atom. The first-order valence-corrected chi connectivity index (χ1v) is 6.36. The number of nitrogens with zero attached hydrogens (tertiary/aromatic N) is 2. The first kappa shape index (κ1) is 13.4. The van der Waals surface area contributed by atoms with E-state index in [9.17, 15) is 0 Å². The Kier molecular flexibility index (Phi) is 4.63. The van der Waals surface area contributed by atoms with Gasteiger partial charge in [0.15, 0.2) is 0 Å². The third kappa shape index (κ3) is 3.48. The molecule has 5 heteroatoms. The zero-order valence-corrected chi connectivity index (χ0v) is 11.4. The van der Waals surface area contributed by atoms with Crippen molar-refractivity contribution in [3.05, 3.63) is 24.3 Å². The van der Waals surface area contributed by atoms with Gasteiger partial charge >= 0.3 is 7.12 Å². The average molecular weight is 248 g/mol. The van der Waals surface area contributed by atoms with Crippen molar-refractivity contribution in [2.75, 3.05) is 52.3 Å². The largest absolute Gasteiger partial charge is 0.493 e. The SMILES string of the molecule is CN1CCOB(c2ccc(N(C)C)cc2)OCC1. The van der Waals surface area contributed by atoms with Crippen LogP contribution in [0.3, 0.4) is 0 Å². The van der Waals surface area contributed by atoms with E-state index in [2.05, 4.69) is 41.1 Å². The maximum atomic E-state index is 5.76. The Morgan fingerprint density at radius 2 is 1.61 bits per heavy atom. The van der Waals surface area contributed by atoms with Crippen molar-refractivity contribution in [3.8, 4) is 0 Å². The van der Waals surface area contributed by atoms with E-state index in [1.807, 2.05) is 14.1 Å². The van der Waals surface area contributed by atoms with Crippen LogP contribution in [0.25, 0.3) is 0 Å². The molecule has 98 valence electrons. The summed E-state index contributed by atoms with van der Waals surface area (Å²) in [5.41, 5.74) is 2.27. The Labute approximate surface area is 110 Å². The zero-order valence-electron chi connectivity index (χ0n) is 11.4. The highest BCUT2D eigenvalue weighted by atomic mass is 16.6. The number of rotatable bonds is 2. The zero-order chi connectivity index (χ0) is 13.0. The van der Waals surface area contributed by atoms with Crippen molar-refractivity contribution >= 4 is 18.3 Å². The molecule has 4 nitrogen and oxygen atoms in total. The molecule has 0 bridgehead atoms. The second kappa shape index (κ2) is 6.23. The third-order valence-electron chi connectivity index (χ3n) is 3.17. The maximum Gasteiger partial charge on any atom is 0.493 e. The minimum Gasteiger partial charge on any atom is -0.406 e. The quantitative estimate of drug-likeness (QED) is 0.708. The van der Waals surface area contributed by atoms with Gasteiger partial charge in [0.05, 0.1) is 0 Å². The molecule has 0 radical (unpaired) electrons. The number of hydrogen-bond acceptors (Lipinski definition) is 4. The molecule has 0 unspecified atom stereocenters. The molecule has 1 aromatic rings. The van der Waals surface area contributed by atoms with Crippen LogP contribution in [0, 0.1) is 0 Å². The molecule has 1 aliphatic heterocycles. The summed E-state index contributed by atoms with van der Waals surface area (Å²) in [6.07, 6.45) is 0. The van der Waals surface area contributed by atoms with E-state index in [1.54, 1.807) is 0 Å². The molecule has 2 rings (SSSR count). The molecule has 0 aliphatic carbocycles. The van der Waals surface area contributed by atoms with E-state index < -0.39 is 0 Å². The van der Waals surface area contributed by atoms with Gasteiger partial charge in [0.2, 0.25) is 0 Å². The Bertz CT molecular complexity index is 360. The van der Waals surface area contributed by atoms with Gasteiger partial charge in [-0.2, -0.15) is 0 Å². The maximum absolute atomic E-state index is 5.76. The molecule has 0 N–H and O–H groups in total. The van der Waals surface area contributed by atoms with Crippen LogP contribution < -0.4 is 10.4 Å². The average Bonchev–Trinajstić information content (AvgIpc) is 2.34. The number of anilines is 1. The number of hydrogen-bond donors (Lipinski definition) is 0. The van der Waals surface area contributed by atoms with Crippen molar-refractivity contribution in [2.45, 2.75) is 0 Å². The molecule has 0 saturated carbocycles. The van der Waals surface area contributed by atoms with Gasteiger partial charge in [-0.05, 0) is 24.6 Å². The van der Waals surface area contributed by atoms with Crippen LogP contribution in [0.2, 0.25) is 0 Å². The number of likely N-dealkylation sites (N-methyl/N-ethyl adjacent to an activating group) is 1. The van der Waals surface area contributed by atoms with Crippen LogP contribution in [-0.2, 0) is 9.31 Å². The molecule has 0 amide bonds. The highest BCUT2D eigenvalue weighted by molar-refractivity contribution is 6.61. The molecule has 1 heterocycles. The minimum absolute atomic E-state index is 0.227. The molecule has 0 aromatic heterocycles. The van der Waals surface area contributed by atoms with Crippen molar-refractivity contribution < 1.29 is 9.31 Å². The standard InChI is InChI=1S/C13H21BN2O2/c1-15(2)13-6-4-12(5-7-13)14-17-10-8-16(3)9-11-18-14/h4-7H,8-11H2,1-3H3. The lowest BCUT2D eigenvalue weighted by Crippen LogP contribution is -2.43. The summed E-state index contributed by atoms with van der Waals surface area (Å²) in [6.45, 7) is 3.32. The minimum atomic E-state index is -0.227. The van der Waals surface area contributed by atoms with E-state index in [0.717, 1.165) is 18.6 Å². The van der Waals surface area contributed by atoms with Crippen molar-refractivity contribution in [3.63, 3.8) is 0 Å². The second-order valence-corrected chi connectivity index (χ2v) is 4.86. The van der Waals surface area contributed by atoms with Gasteiger partial charge in [0.1, 0.15) is 0 Å². The highest BCUT2D eigenvalue weighted by Gasteiger charge is 2.23. The molecule has 1 aliphatic rings. The van der Waals surface area contributed by atoms with Gasteiger partial charge in [0, 0.05) is 46.1 Å². The van der Waals surface area contributed by atoms with Crippen molar-refractivity contribution in [2.24, 2.45) is 0 Å². The van der Waals surface area contributed by atoms with Gasteiger partial charge < -0.3 is 19.1 Å². The molecule has 18 heavy (non-hydrogen) atoms. The number of benzene rings is 1. The Morgan fingerprint density at radius 1 is 1.06 bits per heavy atom. The Balaban J connectivity index is 2.01. The predicted molar refractivity (Wildman–Crippen MR) is 75.6 cm³/mol. The van der Waals surface area contributed by atoms with E-state index in [0.29, 0.717) is 13.2 Å². The lowest BCUT2D eigenvalue weighted by atomic mass is 9.78. The fourth-order valence-corrected chi connectivity index (χ4v) is 1.91. The topological polar surface area (TPSA) is 24.9 Å². The molecule has 1 saturated heterocycles. The van der Waals surface area contributed by atoms with Crippen LogP contribution in [-0.4, -0.2) is 59.5 Å². The van der Waals surface area contributed by atoms with Crippen molar-refractivity contribution in [1.82, 2.24) is 4.90 Å². The van der Waals surface area contributed by atoms with E-state index in [-0.39, 0.29) is 7.12 Å². The van der Waals surface area contributed by atoms with Crippen LogP contribution in [0.1, 0.15) is 0 Å². The summed E-state index contributed by atoms with van der Waals surface area (Å²) >= 11 is 0. The van der Waals surface area contributed by atoms with Gasteiger partial charge in [-0.15, -0.1) is 0 Å². The van der Waals surface area contributed by atoms with Gasteiger partial charge in [0.25, 0.3) is 0 Å². The first-order valence-electron chi connectivity index (χ1n) is 6.36. The fourth-order valence-electron chi connectivity index (χ4n) is 1.91. The predicted octanol–water partition coefficient (Wildman–Crippen LogP) is 0.426. The van der Waals surface area contributed by atoms with E-state index >= 15 is 0 Å². The first-order chi connectivity index (χ1) is 8.66. The summed E-state index contributed by atoms with van der Waals surface area (Å²) in [4.78, 5) is 4.30. The summed E-state index contributed by atoms with van der Waals surface area (Å²) < 4.78 is 11.5. The van der Waals surface area contributed by atoms with Crippen molar-refractivity contribution in [1.29, 1.82) is 0 Å². The summed E-state index contributed by atoms with van der Waals surface area (Å²) in [5, 5.41) is 0. The van der Waals surface area contributed by atoms with E-state index in [4.69, 9.17) is 9.31 Å². The van der Waals surface area contributed by atoms with Gasteiger partial charge in [-0.3, -0.25) is 0 Å². The molecular weight excluding hydrogens is 227 g/mol. The smallest absolute Gasteiger partial charge is 0.406 e. The van der Waals surface area contributed by atoms with Crippen LogP contribution in [0.4, 0.5) is 5.69 Å². The normalized spacial score (nSPS) is 18.3. The molecule has 0 atom stereocenters. The van der Waals surface area contributed by atoms with E-state index in [1.165, 1.54) is 5.69 Å². The van der Waals surface area contributed by atoms with Gasteiger partial charge in [-0.25, -0.2) is 0 Å². The summed E-state index contributed by atoms with van der Waals surface area (Å²) in [7, 11) is 5.93. The van der Waals surface area contributed by atoms with Crippen LogP contribution >= 0.6 is 0 Å². The lowest BCUT2D eigenvalue weighted by Gasteiger charge is -2.24. The lowest BCUT2D eigenvalue weighted by molar-refractivity contribution is 0.132.